The van der Waals surface area contributed by atoms with Gasteiger partial charge in [0.05, 0.1) is 17.2 Å². The molecule has 2 aromatic carbocycles. The molecule has 0 saturated heterocycles. The van der Waals surface area contributed by atoms with Crippen LogP contribution in [-0.4, -0.2) is 50.0 Å². The molecule has 0 bridgehead atoms. The Bertz CT molecular complexity index is 1380. The van der Waals surface area contributed by atoms with Gasteiger partial charge in [-0.1, -0.05) is 13.8 Å². The number of halogens is 1. The number of aliphatic hydroxyl groups excluding tert-OH is 1. The number of hydrogen-bond donors (Lipinski definition) is 1. The summed E-state index contributed by atoms with van der Waals surface area (Å²) in [5, 5.41) is 9.93. The maximum Gasteiger partial charge on any atom is 0.264 e. The quantitative estimate of drug-likeness (QED) is 0.396. The van der Waals surface area contributed by atoms with Crippen molar-refractivity contribution in [3.63, 3.8) is 0 Å². The summed E-state index contributed by atoms with van der Waals surface area (Å²) < 4.78 is 48.1. The van der Waals surface area contributed by atoms with E-state index in [0.717, 1.165) is 0 Å². The summed E-state index contributed by atoms with van der Waals surface area (Å²) in [5.74, 6) is -0.509. The van der Waals surface area contributed by atoms with Crippen LogP contribution in [0.2, 0.25) is 0 Å². The first-order valence-corrected chi connectivity index (χ1v) is 13.2. The molecule has 10 heteroatoms. The number of aryl methyl sites for hydroxylation is 1. The van der Waals surface area contributed by atoms with Gasteiger partial charge in [0, 0.05) is 38.0 Å². The molecular formula is C27H32FN3O5S. The van der Waals surface area contributed by atoms with E-state index in [1.807, 2.05) is 13.8 Å². The van der Waals surface area contributed by atoms with Gasteiger partial charge in [0.1, 0.15) is 12.4 Å². The number of sulfonamides is 1. The average Bonchev–Trinajstić information content (AvgIpc) is 2.85. The Labute approximate surface area is 217 Å². The highest BCUT2D eigenvalue weighted by Crippen LogP contribution is 2.31. The van der Waals surface area contributed by atoms with Crippen molar-refractivity contribution >= 4 is 21.6 Å². The third-order valence-corrected chi connectivity index (χ3v) is 7.40. The van der Waals surface area contributed by atoms with E-state index in [1.54, 1.807) is 45.3 Å². The van der Waals surface area contributed by atoms with Gasteiger partial charge in [-0.3, -0.25) is 9.10 Å². The Kier molecular flexibility index (Phi) is 8.88. The fraction of sp³-hybridized carbons (Fsp3) is 0.333. The first kappa shape index (κ1) is 28.1. The summed E-state index contributed by atoms with van der Waals surface area (Å²) in [5.41, 5.74) is 2.40. The second-order valence-corrected chi connectivity index (χ2v) is 11.2. The zero-order valence-corrected chi connectivity index (χ0v) is 22.4. The van der Waals surface area contributed by atoms with Crippen molar-refractivity contribution in [2.75, 3.05) is 24.9 Å². The van der Waals surface area contributed by atoms with E-state index in [-0.39, 0.29) is 41.2 Å². The first-order chi connectivity index (χ1) is 17.4. The first-order valence-electron chi connectivity index (χ1n) is 11.8. The highest BCUT2D eigenvalue weighted by Gasteiger charge is 2.28. The molecule has 0 saturated carbocycles. The SMILES string of the molecule is Cc1cc(C(=O)N(C)C)ccc1N(CC(C)C)S(=O)(=O)c1ccc(OCc2ccnc(F)c2)c(CO)c1. The zero-order valence-electron chi connectivity index (χ0n) is 21.6. The van der Waals surface area contributed by atoms with Crippen LogP contribution in [0.15, 0.2) is 59.6 Å². The monoisotopic (exact) mass is 529 g/mol. The lowest BCUT2D eigenvalue weighted by Gasteiger charge is -2.28. The van der Waals surface area contributed by atoms with Gasteiger partial charge in [-0.05, 0) is 72.5 Å². The van der Waals surface area contributed by atoms with Gasteiger partial charge >= 0.3 is 0 Å². The topological polar surface area (TPSA) is 100 Å². The van der Waals surface area contributed by atoms with Gasteiger partial charge in [0.2, 0.25) is 5.95 Å². The lowest BCUT2D eigenvalue weighted by molar-refractivity contribution is 0.0827. The van der Waals surface area contributed by atoms with Crippen LogP contribution in [0.4, 0.5) is 10.1 Å². The van der Waals surface area contributed by atoms with Crippen molar-refractivity contribution in [1.29, 1.82) is 0 Å². The zero-order chi connectivity index (χ0) is 27.3. The number of aliphatic hydroxyl groups is 1. The summed E-state index contributed by atoms with van der Waals surface area (Å²) in [6.45, 7) is 5.38. The minimum atomic E-state index is -4.03. The van der Waals surface area contributed by atoms with Gasteiger partial charge < -0.3 is 14.7 Å². The van der Waals surface area contributed by atoms with Crippen molar-refractivity contribution in [3.8, 4) is 5.75 Å². The number of rotatable bonds is 10. The number of aromatic nitrogens is 1. The van der Waals surface area contributed by atoms with Crippen LogP contribution in [0.3, 0.4) is 0 Å². The second kappa shape index (κ2) is 11.7. The van der Waals surface area contributed by atoms with E-state index < -0.39 is 22.6 Å². The van der Waals surface area contributed by atoms with Gasteiger partial charge in [-0.2, -0.15) is 4.39 Å². The van der Waals surface area contributed by atoms with Crippen LogP contribution >= 0.6 is 0 Å². The normalized spacial score (nSPS) is 11.5. The highest BCUT2D eigenvalue weighted by molar-refractivity contribution is 7.92. The van der Waals surface area contributed by atoms with Crippen LogP contribution < -0.4 is 9.04 Å². The second-order valence-electron chi connectivity index (χ2n) is 9.33. The molecule has 8 nitrogen and oxygen atoms in total. The van der Waals surface area contributed by atoms with Crippen LogP contribution in [0, 0.1) is 18.8 Å². The molecule has 0 fully saturated rings. The van der Waals surface area contributed by atoms with Crippen LogP contribution in [0.1, 0.15) is 40.9 Å². The number of carbonyl (C=O) groups excluding carboxylic acids is 1. The predicted octanol–water partition coefficient (Wildman–Crippen LogP) is 4.15. The molecular weight excluding hydrogens is 497 g/mol. The van der Waals surface area contributed by atoms with E-state index in [2.05, 4.69) is 4.98 Å². The van der Waals surface area contributed by atoms with Crippen molar-refractivity contribution < 1.29 is 27.4 Å². The molecule has 0 aliphatic carbocycles. The lowest BCUT2D eigenvalue weighted by Crippen LogP contribution is -2.35. The standard InChI is InChI=1S/C27H32FN3O5S/c1-18(2)15-31(24-8-6-21(12-19(24)3)27(33)30(4)5)37(34,35)23-7-9-25(22(14-23)16-32)36-17-20-10-11-29-26(28)13-20/h6-14,18,32H,15-17H2,1-5H3. The minimum absolute atomic E-state index is 0.00708. The molecule has 0 atom stereocenters. The molecule has 37 heavy (non-hydrogen) atoms. The van der Waals surface area contributed by atoms with Crippen molar-refractivity contribution in [2.24, 2.45) is 5.92 Å². The molecule has 0 aliphatic rings. The predicted molar refractivity (Wildman–Crippen MR) is 139 cm³/mol. The molecule has 0 unspecified atom stereocenters. The number of ether oxygens (including phenoxy) is 1. The smallest absolute Gasteiger partial charge is 0.264 e. The number of anilines is 1. The minimum Gasteiger partial charge on any atom is -0.489 e. The van der Waals surface area contributed by atoms with Crippen LogP contribution in [0.5, 0.6) is 5.75 Å². The number of amides is 1. The number of hydrogen-bond acceptors (Lipinski definition) is 6. The number of nitrogens with zero attached hydrogens (tertiary/aromatic N) is 3. The average molecular weight is 530 g/mol. The summed E-state index contributed by atoms with van der Waals surface area (Å²) in [4.78, 5) is 17.3. The van der Waals surface area contributed by atoms with E-state index in [1.165, 1.54) is 39.7 Å². The van der Waals surface area contributed by atoms with E-state index in [4.69, 9.17) is 4.74 Å². The molecule has 0 spiro atoms. The van der Waals surface area contributed by atoms with Gasteiger partial charge in [0.25, 0.3) is 15.9 Å². The largest absolute Gasteiger partial charge is 0.489 e. The fourth-order valence-electron chi connectivity index (χ4n) is 3.79. The summed E-state index contributed by atoms with van der Waals surface area (Å²) in [7, 11) is -0.719. The van der Waals surface area contributed by atoms with Crippen molar-refractivity contribution in [1.82, 2.24) is 9.88 Å². The maximum atomic E-state index is 13.8. The Morgan fingerprint density at radius 3 is 2.43 bits per heavy atom. The van der Waals surface area contributed by atoms with Crippen LogP contribution in [-0.2, 0) is 23.2 Å². The lowest BCUT2D eigenvalue weighted by atomic mass is 10.1. The summed E-state index contributed by atoms with van der Waals surface area (Å²) in [6, 6.07) is 12.1. The molecule has 0 aliphatic heterocycles. The third kappa shape index (κ3) is 6.64. The maximum absolute atomic E-state index is 13.8. The van der Waals surface area contributed by atoms with Gasteiger partial charge in [0.15, 0.2) is 0 Å². The summed E-state index contributed by atoms with van der Waals surface area (Å²) in [6.07, 6.45) is 1.32. The van der Waals surface area contributed by atoms with E-state index >= 15 is 0 Å². The van der Waals surface area contributed by atoms with Crippen molar-refractivity contribution in [3.05, 3.63) is 82.9 Å². The third-order valence-electron chi connectivity index (χ3n) is 5.63. The summed E-state index contributed by atoms with van der Waals surface area (Å²) >= 11 is 0. The molecule has 1 heterocycles. The highest BCUT2D eigenvalue weighted by atomic mass is 32.2. The van der Waals surface area contributed by atoms with Crippen LogP contribution in [0.25, 0.3) is 0 Å². The molecule has 3 aromatic rings. The Balaban J connectivity index is 1.96. The van der Waals surface area contributed by atoms with E-state index in [9.17, 15) is 22.7 Å². The number of carbonyl (C=O) groups is 1. The molecule has 3 rings (SSSR count). The molecule has 0 radical (unpaired) electrons. The van der Waals surface area contributed by atoms with E-state index in [0.29, 0.717) is 22.4 Å². The molecule has 1 amide bonds. The fourth-order valence-corrected chi connectivity index (χ4v) is 5.53. The molecule has 198 valence electrons. The Morgan fingerprint density at radius 2 is 1.84 bits per heavy atom. The number of pyridine rings is 1. The number of benzene rings is 2. The molecule has 1 aromatic heterocycles. The Hall–Kier alpha value is -3.50. The van der Waals surface area contributed by atoms with Crippen molar-refractivity contribution in [2.45, 2.75) is 38.9 Å². The Morgan fingerprint density at radius 1 is 1.11 bits per heavy atom. The van der Waals surface area contributed by atoms with Gasteiger partial charge in [-0.15, -0.1) is 0 Å². The van der Waals surface area contributed by atoms with Gasteiger partial charge in [-0.25, -0.2) is 13.4 Å². The molecule has 1 N–H and O–H groups in total.